The summed E-state index contributed by atoms with van der Waals surface area (Å²) < 4.78 is 11.3. The van der Waals surface area contributed by atoms with Gasteiger partial charge in [0.05, 0.1) is 13.2 Å². The van der Waals surface area contributed by atoms with Crippen LogP contribution in [0.5, 0.6) is 0 Å². The highest BCUT2D eigenvalue weighted by atomic mass is 16.5. The van der Waals surface area contributed by atoms with E-state index in [1.165, 1.54) is 19.3 Å². The smallest absolute Gasteiger partial charge is 0.246 e. The molecule has 0 spiro atoms. The molecular formula is C18H21N3O2. The topological polar surface area (TPSA) is 51.4 Å². The molecule has 1 saturated heterocycles. The molecule has 0 bridgehead atoms. The van der Waals surface area contributed by atoms with Crippen LogP contribution in [-0.2, 0) is 4.74 Å². The Bertz CT molecular complexity index is 668. The van der Waals surface area contributed by atoms with Crippen molar-refractivity contribution in [3.05, 3.63) is 48.4 Å². The lowest BCUT2D eigenvalue weighted by Crippen LogP contribution is -2.45. The van der Waals surface area contributed by atoms with E-state index in [0.717, 1.165) is 18.7 Å². The third-order valence-corrected chi connectivity index (χ3v) is 4.58. The van der Waals surface area contributed by atoms with Gasteiger partial charge in [-0.3, -0.25) is 4.90 Å². The molecule has 1 aliphatic heterocycles. The molecule has 1 aromatic carbocycles. The summed E-state index contributed by atoms with van der Waals surface area (Å²) in [5, 5.41) is 4.15. The highest BCUT2D eigenvalue weighted by Gasteiger charge is 2.33. The lowest BCUT2D eigenvalue weighted by Gasteiger charge is -2.39. The summed E-state index contributed by atoms with van der Waals surface area (Å²) in [5.74, 6) is 1.30. The van der Waals surface area contributed by atoms with Crippen molar-refractivity contribution in [1.29, 1.82) is 0 Å². The van der Waals surface area contributed by atoms with Crippen LogP contribution in [0.3, 0.4) is 0 Å². The SMILES string of the molecule is C1=C[C@@H](N2CCOC[C@@H]2c2nc(-c3ccccc3)no2)CCC1. The van der Waals surface area contributed by atoms with E-state index >= 15 is 0 Å². The van der Waals surface area contributed by atoms with Crippen LogP contribution in [0.25, 0.3) is 11.4 Å². The van der Waals surface area contributed by atoms with Crippen LogP contribution >= 0.6 is 0 Å². The van der Waals surface area contributed by atoms with Crippen LogP contribution in [0.15, 0.2) is 47.0 Å². The second-order valence-corrected chi connectivity index (χ2v) is 6.08. The van der Waals surface area contributed by atoms with E-state index in [9.17, 15) is 0 Å². The molecular weight excluding hydrogens is 290 g/mol. The average molecular weight is 311 g/mol. The van der Waals surface area contributed by atoms with Crippen molar-refractivity contribution < 1.29 is 9.26 Å². The molecule has 4 rings (SSSR count). The van der Waals surface area contributed by atoms with Crippen LogP contribution in [0.1, 0.15) is 31.2 Å². The van der Waals surface area contributed by atoms with Gasteiger partial charge in [0.15, 0.2) is 0 Å². The maximum atomic E-state index is 5.68. The number of allylic oxidation sites excluding steroid dienone is 1. The Labute approximate surface area is 135 Å². The molecule has 1 fully saturated rings. The fourth-order valence-corrected chi connectivity index (χ4v) is 3.37. The Hall–Kier alpha value is -1.98. The van der Waals surface area contributed by atoms with Gasteiger partial charge in [-0.15, -0.1) is 0 Å². The number of benzene rings is 1. The van der Waals surface area contributed by atoms with E-state index in [-0.39, 0.29) is 6.04 Å². The standard InChI is InChI=1S/C18H21N3O2/c1-3-7-14(8-4-1)17-19-18(23-20-17)16-13-22-12-11-21(16)15-9-5-2-6-10-15/h1,3-5,7-9,15-16H,2,6,10-13H2/t15-,16-/m1/s1. The van der Waals surface area contributed by atoms with Gasteiger partial charge in [-0.25, -0.2) is 0 Å². The Morgan fingerprint density at radius 1 is 1.17 bits per heavy atom. The highest BCUT2D eigenvalue weighted by Crippen LogP contribution is 2.30. The normalized spacial score (nSPS) is 25.6. The Morgan fingerprint density at radius 3 is 2.91 bits per heavy atom. The average Bonchev–Trinajstić information content (AvgIpc) is 3.13. The van der Waals surface area contributed by atoms with Crippen molar-refractivity contribution in [3.63, 3.8) is 0 Å². The Kier molecular flexibility index (Phi) is 4.22. The van der Waals surface area contributed by atoms with Crippen molar-refractivity contribution in [2.45, 2.75) is 31.3 Å². The molecule has 120 valence electrons. The zero-order valence-corrected chi connectivity index (χ0v) is 13.1. The molecule has 0 unspecified atom stereocenters. The van der Waals surface area contributed by atoms with Gasteiger partial charge in [0.1, 0.15) is 6.04 Å². The Balaban J connectivity index is 1.59. The molecule has 5 heteroatoms. The predicted octanol–water partition coefficient (Wildman–Crippen LogP) is 3.22. The fraction of sp³-hybridized carbons (Fsp3) is 0.444. The van der Waals surface area contributed by atoms with Crippen molar-refractivity contribution in [2.75, 3.05) is 19.8 Å². The maximum Gasteiger partial charge on any atom is 0.246 e. The van der Waals surface area contributed by atoms with Crippen LogP contribution in [-0.4, -0.2) is 40.8 Å². The fourth-order valence-electron chi connectivity index (χ4n) is 3.37. The molecule has 1 aromatic heterocycles. The molecule has 2 aliphatic rings. The number of hydrogen-bond acceptors (Lipinski definition) is 5. The van der Waals surface area contributed by atoms with E-state index in [0.29, 0.717) is 24.4 Å². The van der Waals surface area contributed by atoms with Gasteiger partial charge in [0.2, 0.25) is 11.7 Å². The molecule has 0 N–H and O–H groups in total. The van der Waals surface area contributed by atoms with Gasteiger partial charge in [-0.1, -0.05) is 47.6 Å². The number of morpholine rings is 1. The molecule has 0 radical (unpaired) electrons. The van der Waals surface area contributed by atoms with Crippen molar-refractivity contribution in [3.8, 4) is 11.4 Å². The second kappa shape index (κ2) is 6.64. The van der Waals surface area contributed by atoms with E-state index in [1.54, 1.807) is 0 Å². The van der Waals surface area contributed by atoms with Crippen molar-refractivity contribution in [2.24, 2.45) is 0 Å². The molecule has 23 heavy (non-hydrogen) atoms. The van der Waals surface area contributed by atoms with Gasteiger partial charge >= 0.3 is 0 Å². The summed E-state index contributed by atoms with van der Waals surface area (Å²) in [4.78, 5) is 7.07. The van der Waals surface area contributed by atoms with Gasteiger partial charge in [-0.05, 0) is 19.3 Å². The summed E-state index contributed by atoms with van der Waals surface area (Å²) in [6.07, 6.45) is 8.21. The van der Waals surface area contributed by atoms with Gasteiger partial charge in [-0.2, -0.15) is 4.98 Å². The molecule has 2 atom stereocenters. The summed E-state index contributed by atoms with van der Waals surface area (Å²) in [5.41, 5.74) is 0.975. The zero-order valence-electron chi connectivity index (χ0n) is 13.1. The van der Waals surface area contributed by atoms with Gasteiger partial charge < -0.3 is 9.26 Å². The molecule has 0 saturated carbocycles. The minimum absolute atomic E-state index is 0.0430. The first-order valence-corrected chi connectivity index (χ1v) is 8.31. The number of ether oxygens (including phenoxy) is 1. The lowest BCUT2D eigenvalue weighted by molar-refractivity contribution is -0.0346. The molecule has 1 aliphatic carbocycles. The summed E-state index contributed by atoms with van der Waals surface area (Å²) in [6.45, 7) is 2.28. The quantitative estimate of drug-likeness (QED) is 0.815. The van der Waals surface area contributed by atoms with Crippen molar-refractivity contribution in [1.82, 2.24) is 15.0 Å². The first-order chi connectivity index (χ1) is 11.4. The zero-order chi connectivity index (χ0) is 15.5. The Morgan fingerprint density at radius 2 is 2.09 bits per heavy atom. The van der Waals surface area contributed by atoms with Gasteiger partial charge in [0, 0.05) is 18.2 Å². The summed E-state index contributed by atoms with van der Waals surface area (Å²) >= 11 is 0. The monoisotopic (exact) mass is 311 g/mol. The first-order valence-electron chi connectivity index (χ1n) is 8.31. The molecule has 5 nitrogen and oxygen atoms in total. The third-order valence-electron chi connectivity index (χ3n) is 4.58. The summed E-state index contributed by atoms with van der Waals surface area (Å²) in [6, 6.07) is 10.4. The van der Waals surface area contributed by atoms with E-state index in [2.05, 4.69) is 27.2 Å². The number of aromatic nitrogens is 2. The second-order valence-electron chi connectivity index (χ2n) is 6.08. The number of nitrogens with zero attached hydrogens (tertiary/aromatic N) is 3. The maximum absolute atomic E-state index is 5.68. The first kappa shape index (κ1) is 14.6. The van der Waals surface area contributed by atoms with Crippen molar-refractivity contribution >= 4 is 0 Å². The minimum atomic E-state index is 0.0430. The summed E-state index contributed by atoms with van der Waals surface area (Å²) in [7, 11) is 0. The van der Waals surface area contributed by atoms with E-state index < -0.39 is 0 Å². The predicted molar refractivity (Wildman–Crippen MR) is 86.8 cm³/mol. The number of rotatable bonds is 3. The largest absolute Gasteiger partial charge is 0.378 e. The number of hydrogen-bond donors (Lipinski definition) is 0. The lowest BCUT2D eigenvalue weighted by atomic mass is 9.99. The van der Waals surface area contributed by atoms with Crippen LogP contribution in [0.2, 0.25) is 0 Å². The highest BCUT2D eigenvalue weighted by molar-refractivity contribution is 5.53. The van der Waals surface area contributed by atoms with Crippen LogP contribution in [0.4, 0.5) is 0 Å². The van der Waals surface area contributed by atoms with Crippen LogP contribution < -0.4 is 0 Å². The van der Waals surface area contributed by atoms with E-state index in [1.807, 2.05) is 30.3 Å². The third kappa shape index (κ3) is 3.07. The van der Waals surface area contributed by atoms with Crippen LogP contribution in [0, 0.1) is 0 Å². The molecule has 0 amide bonds. The minimum Gasteiger partial charge on any atom is -0.378 e. The van der Waals surface area contributed by atoms with Gasteiger partial charge in [0.25, 0.3) is 0 Å². The molecule has 2 aromatic rings. The molecule has 2 heterocycles. The van der Waals surface area contributed by atoms with E-state index in [4.69, 9.17) is 9.26 Å².